The van der Waals surface area contributed by atoms with Crippen molar-refractivity contribution in [2.24, 2.45) is 11.8 Å². The Kier molecular flexibility index (Phi) is 23.5. The lowest BCUT2D eigenvalue weighted by molar-refractivity contribution is -0.0980. The third-order valence-corrected chi connectivity index (χ3v) is 5.01. The van der Waals surface area contributed by atoms with Gasteiger partial charge in [-0.1, -0.05) is 66.2 Å². The largest absolute Gasteiger partial charge is 0.469 e. The van der Waals surface area contributed by atoms with Gasteiger partial charge in [-0.15, -0.1) is 0 Å². The van der Waals surface area contributed by atoms with Crippen molar-refractivity contribution >= 4 is 22.4 Å². The van der Waals surface area contributed by atoms with Crippen LogP contribution in [-0.4, -0.2) is 39.6 Å². The van der Waals surface area contributed by atoms with Gasteiger partial charge >= 0.3 is 15.6 Å². The summed E-state index contributed by atoms with van der Waals surface area (Å²) in [6.07, 6.45) is 8.14. The summed E-state index contributed by atoms with van der Waals surface area (Å²) in [5.41, 5.74) is 0. The summed E-state index contributed by atoms with van der Waals surface area (Å²) in [5, 5.41) is 0. The van der Waals surface area contributed by atoms with Crippen molar-refractivity contribution < 1.29 is 42.5 Å². The summed E-state index contributed by atoms with van der Waals surface area (Å²) in [6, 6.07) is 0. The zero-order chi connectivity index (χ0) is 22.6. The second-order valence-corrected chi connectivity index (χ2v) is 8.88. The van der Waals surface area contributed by atoms with Gasteiger partial charge in [0, 0.05) is 0 Å². The van der Waals surface area contributed by atoms with Gasteiger partial charge in [-0.05, 0) is 24.7 Å². The average Bonchev–Trinajstić information content (AvgIpc) is 2.62. The van der Waals surface area contributed by atoms with Crippen LogP contribution in [-0.2, 0) is 23.0 Å². The fraction of sp³-hybridized carbons (Fsp3) is 0.941. The van der Waals surface area contributed by atoms with Crippen LogP contribution < -0.4 is 0 Å². The highest BCUT2D eigenvalue weighted by atomic mass is 31.2. The maximum Gasteiger partial charge on any atom is 0.469 e. The normalized spacial score (nSPS) is 13.6. The van der Waals surface area contributed by atoms with Crippen LogP contribution in [0.2, 0.25) is 0 Å². The molecule has 0 fully saturated rings. The third kappa shape index (κ3) is 28.1. The Morgan fingerprint density at radius 2 is 1.00 bits per heavy atom. The Hall–Kier alpha value is -0.110. The minimum atomic E-state index is -4.26. The molecule has 0 radical (unpaired) electrons. The molecule has 0 amide bonds. The average molecular weight is 450 g/mol. The first kappa shape index (κ1) is 32.6. The molecule has 0 saturated heterocycles. The predicted octanol–water partition coefficient (Wildman–Crippen LogP) is 4.44. The van der Waals surface area contributed by atoms with Crippen molar-refractivity contribution in [1.29, 1.82) is 0 Å². The molecular formula is C17H40O9P2. The van der Waals surface area contributed by atoms with E-state index in [4.69, 9.17) is 24.4 Å². The number of hydrogen-bond donors (Lipinski definition) is 4. The van der Waals surface area contributed by atoms with Crippen LogP contribution in [0.15, 0.2) is 0 Å². The van der Waals surface area contributed by atoms with Gasteiger partial charge in [0.25, 0.3) is 0 Å². The summed E-state index contributed by atoms with van der Waals surface area (Å²) >= 11 is 0. The fourth-order valence-electron chi connectivity index (χ4n) is 2.20. The monoisotopic (exact) mass is 450 g/mol. The number of hydrogen-bond acceptors (Lipinski definition) is 5. The van der Waals surface area contributed by atoms with Gasteiger partial charge in [0.2, 0.25) is 0 Å². The van der Waals surface area contributed by atoms with Crippen LogP contribution in [0.5, 0.6) is 0 Å². The lowest BCUT2D eigenvalue weighted by Crippen LogP contribution is -2.07. The Morgan fingerprint density at radius 3 is 1.18 bits per heavy atom. The van der Waals surface area contributed by atoms with Crippen LogP contribution in [0.25, 0.3) is 0 Å². The molecule has 9 nitrogen and oxygen atoms in total. The Morgan fingerprint density at radius 1 is 0.714 bits per heavy atom. The zero-order valence-corrected chi connectivity index (χ0v) is 19.4. The minimum absolute atomic E-state index is 0.167. The van der Waals surface area contributed by atoms with Crippen LogP contribution in [0.4, 0.5) is 0 Å². The molecule has 0 aliphatic carbocycles. The van der Waals surface area contributed by atoms with E-state index in [1.165, 1.54) is 0 Å². The smallest absolute Gasteiger partial charge is 0.307 e. The number of phosphoric ester groups is 2. The first-order valence-electron chi connectivity index (χ1n) is 9.67. The van der Waals surface area contributed by atoms with Crippen LogP contribution in [0.3, 0.4) is 0 Å². The van der Waals surface area contributed by atoms with E-state index in [1.54, 1.807) is 0 Å². The lowest BCUT2D eigenvalue weighted by atomic mass is 10.0. The van der Waals surface area contributed by atoms with Crippen molar-refractivity contribution in [1.82, 2.24) is 0 Å². The molecule has 0 bridgehead atoms. The van der Waals surface area contributed by atoms with E-state index in [1.807, 2.05) is 20.6 Å². The van der Waals surface area contributed by atoms with Crippen LogP contribution >= 0.6 is 15.6 Å². The van der Waals surface area contributed by atoms with Gasteiger partial charge in [-0.25, -0.2) is 9.13 Å². The van der Waals surface area contributed by atoms with Crippen molar-refractivity contribution in [3.8, 4) is 0 Å². The quantitative estimate of drug-likeness (QED) is 0.282. The molecule has 0 aromatic rings. The molecular weight excluding hydrogens is 410 g/mol. The molecule has 0 aromatic carbocycles. The second-order valence-electron chi connectivity index (χ2n) is 6.41. The Balaban J connectivity index is -0.000000410. The standard InChI is InChI=1S/2C8H19O4P.CH2O/c2*1-3-5-6-8(4-2)7-12-13(9,10)11;1-2/h2*8H,3-7H2,1-2H3,(H2,9,10,11);1H2. The zero-order valence-electron chi connectivity index (χ0n) is 17.7. The minimum Gasteiger partial charge on any atom is -0.307 e. The molecule has 11 heteroatoms. The van der Waals surface area contributed by atoms with Gasteiger partial charge in [-0.3, -0.25) is 9.05 Å². The maximum absolute atomic E-state index is 10.4. The molecule has 172 valence electrons. The fourth-order valence-corrected chi connectivity index (χ4v) is 3.01. The Labute approximate surface area is 169 Å². The number of rotatable bonds is 14. The topological polar surface area (TPSA) is 151 Å². The van der Waals surface area contributed by atoms with Gasteiger partial charge < -0.3 is 24.4 Å². The van der Waals surface area contributed by atoms with E-state index in [0.29, 0.717) is 0 Å². The second kappa shape index (κ2) is 20.2. The maximum atomic E-state index is 10.4. The molecule has 0 aliphatic heterocycles. The molecule has 28 heavy (non-hydrogen) atoms. The highest BCUT2D eigenvalue weighted by molar-refractivity contribution is 7.46. The van der Waals surface area contributed by atoms with Crippen LogP contribution in [0.1, 0.15) is 79.1 Å². The van der Waals surface area contributed by atoms with E-state index in [9.17, 15) is 9.13 Å². The molecule has 0 spiro atoms. The molecule has 0 saturated carbocycles. The third-order valence-electron chi connectivity index (χ3n) is 4.04. The summed E-state index contributed by atoms with van der Waals surface area (Å²) in [4.78, 5) is 41.9. The lowest BCUT2D eigenvalue weighted by Gasteiger charge is -2.14. The van der Waals surface area contributed by atoms with E-state index >= 15 is 0 Å². The molecule has 0 aliphatic rings. The molecule has 0 heterocycles. The predicted molar refractivity (Wildman–Crippen MR) is 110 cm³/mol. The van der Waals surface area contributed by atoms with Gasteiger partial charge in [0.15, 0.2) is 0 Å². The number of carbonyl (C=O) groups is 1. The van der Waals surface area contributed by atoms with E-state index in [-0.39, 0.29) is 25.0 Å². The highest BCUT2D eigenvalue weighted by Gasteiger charge is 2.17. The first-order valence-corrected chi connectivity index (χ1v) is 12.7. The first-order chi connectivity index (χ1) is 13.0. The van der Waals surface area contributed by atoms with Gasteiger partial charge in [-0.2, -0.15) is 0 Å². The number of unbranched alkanes of at least 4 members (excludes halogenated alkanes) is 2. The Bertz CT molecular complexity index is 385. The summed E-state index contributed by atoms with van der Waals surface area (Å²) in [6.45, 7) is 10.5. The summed E-state index contributed by atoms with van der Waals surface area (Å²) in [7, 11) is -8.53. The molecule has 4 N–H and O–H groups in total. The number of carbonyl (C=O) groups excluding carboxylic acids is 1. The van der Waals surface area contributed by atoms with Crippen molar-refractivity contribution in [3.63, 3.8) is 0 Å². The number of phosphoric acid groups is 2. The molecule has 0 aromatic heterocycles. The van der Waals surface area contributed by atoms with Gasteiger partial charge in [0.05, 0.1) is 13.2 Å². The summed E-state index contributed by atoms with van der Waals surface area (Å²) < 4.78 is 29.7. The molecule has 0 rings (SSSR count). The van der Waals surface area contributed by atoms with Crippen molar-refractivity contribution in [2.45, 2.75) is 79.1 Å². The van der Waals surface area contributed by atoms with Crippen molar-refractivity contribution in [3.05, 3.63) is 0 Å². The van der Waals surface area contributed by atoms with E-state index < -0.39 is 15.6 Å². The molecule has 2 atom stereocenters. The van der Waals surface area contributed by atoms with E-state index in [0.717, 1.165) is 51.4 Å². The molecule has 2 unspecified atom stereocenters. The van der Waals surface area contributed by atoms with Crippen LogP contribution in [0, 0.1) is 11.8 Å². The van der Waals surface area contributed by atoms with Crippen molar-refractivity contribution in [2.75, 3.05) is 13.2 Å². The van der Waals surface area contributed by atoms with E-state index in [2.05, 4.69) is 22.9 Å². The highest BCUT2D eigenvalue weighted by Crippen LogP contribution is 2.37. The van der Waals surface area contributed by atoms with Gasteiger partial charge in [0.1, 0.15) is 6.79 Å². The summed E-state index contributed by atoms with van der Waals surface area (Å²) in [5.74, 6) is 0.542. The SMILES string of the molecule is C=O.CCCCC(CC)COP(=O)(O)O.CCCCC(CC)COP(=O)(O)O.